The van der Waals surface area contributed by atoms with Crippen LogP contribution in [0, 0.1) is 0 Å². The first-order valence-electron chi connectivity index (χ1n) is 4.31. The highest BCUT2D eigenvalue weighted by Crippen LogP contribution is 2.39. The van der Waals surface area contributed by atoms with Gasteiger partial charge in [0, 0.05) is 21.3 Å². The minimum atomic E-state index is -1.38. The Balaban J connectivity index is 3.36. The van der Waals surface area contributed by atoms with Crippen molar-refractivity contribution in [2.75, 3.05) is 21.3 Å². The van der Waals surface area contributed by atoms with Crippen molar-refractivity contribution in [2.24, 2.45) is 0 Å². The summed E-state index contributed by atoms with van der Waals surface area (Å²) in [6.45, 7) is 0. The zero-order chi connectivity index (χ0) is 12.3. The molecule has 0 bridgehead atoms. The molecule has 6 heteroatoms. The molecule has 1 rings (SSSR count). The number of ether oxygens (including phenoxy) is 3. The number of benzene rings is 1. The lowest BCUT2D eigenvalue weighted by Crippen LogP contribution is -2.33. The van der Waals surface area contributed by atoms with Gasteiger partial charge in [-0.3, -0.25) is 0 Å². The van der Waals surface area contributed by atoms with Crippen LogP contribution in [0.4, 0.5) is 0 Å². The van der Waals surface area contributed by atoms with Crippen LogP contribution in [-0.2, 0) is 20.2 Å². The van der Waals surface area contributed by atoms with Crippen LogP contribution in [0.2, 0.25) is 15.1 Å². The van der Waals surface area contributed by atoms with E-state index in [1.54, 1.807) is 12.1 Å². The van der Waals surface area contributed by atoms with Crippen LogP contribution < -0.4 is 0 Å². The van der Waals surface area contributed by atoms with Gasteiger partial charge in [0.05, 0.1) is 20.6 Å². The molecular formula is C10H11Cl3O3. The third kappa shape index (κ3) is 2.30. The van der Waals surface area contributed by atoms with E-state index < -0.39 is 5.97 Å². The first-order valence-corrected chi connectivity index (χ1v) is 5.45. The Kier molecular flexibility index (Phi) is 4.86. The summed E-state index contributed by atoms with van der Waals surface area (Å²) in [7, 11) is 4.31. The zero-order valence-corrected chi connectivity index (χ0v) is 11.3. The van der Waals surface area contributed by atoms with Gasteiger partial charge in [-0.15, -0.1) is 0 Å². The largest absolute Gasteiger partial charge is 0.327 e. The molecule has 0 aliphatic heterocycles. The maximum Gasteiger partial charge on any atom is 0.312 e. The van der Waals surface area contributed by atoms with Gasteiger partial charge in [-0.25, -0.2) is 0 Å². The Morgan fingerprint density at radius 2 is 1.38 bits per heavy atom. The van der Waals surface area contributed by atoms with Gasteiger partial charge in [0.25, 0.3) is 0 Å². The smallest absolute Gasteiger partial charge is 0.312 e. The second-order valence-corrected chi connectivity index (χ2v) is 4.05. The fraction of sp³-hybridized carbons (Fsp3) is 0.400. The number of hydrogen-bond donors (Lipinski definition) is 0. The Labute approximate surface area is 109 Å². The van der Waals surface area contributed by atoms with Crippen molar-refractivity contribution in [2.45, 2.75) is 5.97 Å². The SMILES string of the molecule is COC(OC)(OC)c1ccc(Cl)c(Cl)c1Cl. The van der Waals surface area contributed by atoms with E-state index >= 15 is 0 Å². The lowest BCUT2D eigenvalue weighted by molar-refractivity contribution is -0.364. The highest BCUT2D eigenvalue weighted by atomic mass is 35.5. The van der Waals surface area contributed by atoms with Crippen molar-refractivity contribution in [1.82, 2.24) is 0 Å². The maximum atomic E-state index is 6.06. The summed E-state index contributed by atoms with van der Waals surface area (Å²) in [5, 5.41) is 0.823. The van der Waals surface area contributed by atoms with Crippen molar-refractivity contribution < 1.29 is 14.2 Å². The molecule has 16 heavy (non-hydrogen) atoms. The summed E-state index contributed by atoms with van der Waals surface area (Å²) in [6, 6.07) is 3.23. The van der Waals surface area contributed by atoms with Crippen LogP contribution in [0.3, 0.4) is 0 Å². The number of rotatable bonds is 4. The van der Waals surface area contributed by atoms with Crippen LogP contribution in [-0.4, -0.2) is 21.3 Å². The van der Waals surface area contributed by atoms with Gasteiger partial charge in [-0.05, 0) is 12.1 Å². The lowest BCUT2D eigenvalue weighted by atomic mass is 10.2. The van der Waals surface area contributed by atoms with Gasteiger partial charge < -0.3 is 14.2 Å². The van der Waals surface area contributed by atoms with E-state index in [4.69, 9.17) is 49.0 Å². The molecule has 0 fully saturated rings. The molecular weight excluding hydrogens is 274 g/mol. The number of methoxy groups -OCH3 is 3. The number of hydrogen-bond acceptors (Lipinski definition) is 3. The maximum absolute atomic E-state index is 6.06. The first-order chi connectivity index (χ1) is 7.52. The molecule has 0 spiro atoms. The molecule has 1 aromatic rings. The molecule has 0 N–H and O–H groups in total. The van der Waals surface area contributed by atoms with Gasteiger partial charge >= 0.3 is 5.97 Å². The zero-order valence-electron chi connectivity index (χ0n) is 9.01. The van der Waals surface area contributed by atoms with Gasteiger partial charge in [-0.2, -0.15) is 0 Å². The fourth-order valence-electron chi connectivity index (χ4n) is 1.34. The molecule has 0 saturated carbocycles. The predicted molar refractivity (Wildman–Crippen MR) is 64.2 cm³/mol. The van der Waals surface area contributed by atoms with Gasteiger partial charge in [0.2, 0.25) is 0 Å². The summed E-state index contributed by atoms with van der Waals surface area (Å²) in [5.41, 5.74) is 0.455. The second-order valence-electron chi connectivity index (χ2n) is 2.89. The van der Waals surface area contributed by atoms with E-state index in [0.717, 1.165) is 0 Å². The number of halogens is 3. The van der Waals surface area contributed by atoms with Crippen molar-refractivity contribution >= 4 is 34.8 Å². The molecule has 1 aromatic carbocycles. The van der Waals surface area contributed by atoms with E-state index in [1.165, 1.54) is 21.3 Å². The van der Waals surface area contributed by atoms with Crippen LogP contribution in [0.25, 0.3) is 0 Å². The Bertz CT molecular complexity index is 370. The van der Waals surface area contributed by atoms with Crippen molar-refractivity contribution in [3.63, 3.8) is 0 Å². The molecule has 0 saturated heterocycles. The molecule has 3 nitrogen and oxygen atoms in total. The Hall–Kier alpha value is -0.0300. The van der Waals surface area contributed by atoms with Crippen LogP contribution in [0.15, 0.2) is 12.1 Å². The van der Waals surface area contributed by atoms with E-state index in [2.05, 4.69) is 0 Å². The monoisotopic (exact) mass is 284 g/mol. The van der Waals surface area contributed by atoms with Crippen LogP contribution >= 0.6 is 34.8 Å². The Morgan fingerprint density at radius 1 is 0.875 bits per heavy atom. The molecule has 0 atom stereocenters. The minimum Gasteiger partial charge on any atom is -0.327 e. The normalized spacial score (nSPS) is 11.9. The third-order valence-electron chi connectivity index (χ3n) is 2.17. The van der Waals surface area contributed by atoms with Crippen molar-refractivity contribution in [3.05, 3.63) is 32.8 Å². The summed E-state index contributed by atoms with van der Waals surface area (Å²) < 4.78 is 15.5. The average Bonchev–Trinajstić information content (AvgIpc) is 2.31. The topological polar surface area (TPSA) is 27.7 Å². The van der Waals surface area contributed by atoms with E-state index in [1.807, 2.05) is 0 Å². The van der Waals surface area contributed by atoms with Crippen LogP contribution in [0.5, 0.6) is 0 Å². The summed E-state index contributed by atoms with van der Waals surface area (Å²) in [4.78, 5) is 0. The summed E-state index contributed by atoms with van der Waals surface area (Å²) in [5.74, 6) is -1.38. The second kappa shape index (κ2) is 5.54. The highest BCUT2D eigenvalue weighted by Gasteiger charge is 2.35. The predicted octanol–water partition coefficient (Wildman–Crippen LogP) is 3.70. The summed E-state index contributed by atoms with van der Waals surface area (Å²) in [6.07, 6.45) is 0. The lowest BCUT2D eigenvalue weighted by Gasteiger charge is -2.29. The van der Waals surface area contributed by atoms with Gasteiger partial charge in [0.1, 0.15) is 0 Å². The third-order valence-corrected chi connectivity index (χ3v) is 3.46. The summed E-state index contributed by atoms with van der Waals surface area (Å²) >= 11 is 17.8. The van der Waals surface area contributed by atoms with Crippen molar-refractivity contribution in [1.29, 1.82) is 0 Å². The quantitative estimate of drug-likeness (QED) is 0.624. The van der Waals surface area contributed by atoms with Gasteiger partial charge in [0.15, 0.2) is 0 Å². The van der Waals surface area contributed by atoms with E-state index in [9.17, 15) is 0 Å². The molecule has 0 aliphatic carbocycles. The highest BCUT2D eigenvalue weighted by molar-refractivity contribution is 6.48. The minimum absolute atomic E-state index is 0.233. The van der Waals surface area contributed by atoms with Crippen molar-refractivity contribution in [3.8, 4) is 0 Å². The molecule has 0 unspecified atom stereocenters. The van der Waals surface area contributed by atoms with Crippen LogP contribution in [0.1, 0.15) is 5.56 Å². The molecule has 0 aromatic heterocycles. The fourth-order valence-corrected chi connectivity index (χ4v) is 1.99. The molecule has 0 radical (unpaired) electrons. The average molecular weight is 286 g/mol. The van der Waals surface area contributed by atoms with E-state index in [0.29, 0.717) is 10.6 Å². The van der Waals surface area contributed by atoms with Gasteiger partial charge in [-0.1, -0.05) is 34.8 Å². The molecule has 0 amide bonds. The molecule has 0 heterocycles. The molecule has 90 valence electrons. The standard InChI is InChI=1S/C10H11Cl3O3/c1-14-10(15-2,16-3)6-4-5-7(11)9(13)8(6)12/h4-5H,1-3H3. The first kappa shape index (κ1) is 14.0. The van der Waals surface area contributed by atoms with E-state index in [-0.39, 0.29) is 10.0 Å². The Morgan fingerprint density at radius 3 is 1.81 bits per heavy atom. The molecule has 0 aliphatic rings.